The van der Waals surface area contributed by atoms with Crippen molar-refractivity contribution in [3.63, 3.8) is 0 Å². The van der Waals surface area contributed by atoms with Crippen LogP contribution < -0.4 is 10.2 Å². The van der Waals surface area contributed by atoms with Gasteiger partial charge in [-0.1, -0.05) is 22.0 Å². The number of Topliss-reactive ketones (excluding diaryl/α,β-unsaturated/α-hetero) is 1. The highest BCUT2D eigenvalue weighted by atomic mass is 79.9. The van der Waals surface area contributed by atoms with E-state index in [1.165, 1.54) is 13.8 Å². The molecule has 0 radical (unpaired) electrons. The van der Waals surface area contributed by atoms with Crippen LogP contribution in [0.4, 0.5) is 5.69 Å². The molecule has 0 bridgehead atoms. The van der Waals surface area contributed by atoms with Gasteiger partial charge >= 0.3 is 5.97 Å². The summed E-state index contributed by atoms with van der Waals surface area (Å²) >= 11 is 3.28. The largest absolute Gasteiger partial charge is 0.453 e. The van der Waals surface area contributed by atoms with Crippen LogP contribution in [0.25, 0.3) is 0 Å². The summed E-state index contributed by atoms with van der Waals surface area (Å²) in [7, 11) is 0. The van der Waals surface area contributed by atoms with Crippen molar-refractivity contribution < 1.29 is 23.9 Å². The molecule has 30 heavy (non-hydrogen) atoms. The van der Waals surface area contributed by atoms with Crippen molar-refractivity contribution in [2.24, 2.45) is 0 Å². The Balaban J connectivity index is 1.56. The van der Waals surface area contributed by atoms with Gasteiger partial charge in [-0.05, 0) is 55.3 Å². The zero-order valence-electron chi connectivity index (χ0n) is 16.6. The standard InChI is InChI=1S/C22H21BrN2O5/c1-13(30-20(27)12-24-22(29)17-4-3-5-18(23)11-17)21(28)16-6-7-19-15(10-16)8-9-25(19)14(2)26/h3-7,10-11,13H,8-9,12H2,1-2H3,(H,24,29). The number of rotatable bonds is 6. The first-order valence-corrected chi connectivity index (χ1v) is 10.2. The molecule has 0 fully saturated rings. The molecule has 2 aromatic carbocycles. The first kappa shape index (κ1) is 21.7. The Hall–Kier alpha value is -3.00. The summed E-state index contributed by atoms with van der Waals surface area (Å²) in [5, 5.41) is 2.48. The first-order chi connectivity index (χ1) is 14.3. The Morgan fingerprint density at radius 3 is 2.60 bits per heavy atom. The lowest BCUT2D eigenvalue weighted by atomic mass is 10.0. The lowest BCUT2D eigenvalue weighted by Gasteiger charge is -2.16. The average Bonchev–Trinajstić information content (AvgIpc) is 3.15. The van der Waals surface area contributed by atoms with E-state index < -0.39 is 18.0 Å². The van der Waals surface area contributed by atoms with Gasteiger partial charge in [-0.2, -0.15) is 0 Å². The molecule has 0 aromatic heterocycles. The Labute approximate surface area is 182 Å². The van der Waals surface area contributed by atoms with Crippen molar-refractivity contribution in [2.75, 3.05) is 18.0 Å². The fourth-order valence-electron chi connectivity index (χ4n) is 3.29. The molecule has 1 unspecified atom stereocenters. The van der Waals surface area contributed by atoms with E-state index in [0.717, 1.165) is 15.7 Å². The SMILES string of the molecule is CC(=O)N1CCc2cc(C(=O)C(C)OC(=O)CNC(=O)c3cccc(Br)c3)ccc21. The smallest absolute Gasteiger partial charge is 0.326 e. The van der Waals surface area contributed by atoms with Crippen LogP contribution in [0.1, 0.15) is 40.1 Å². The van der Waals surface area contributed by atoms with Gasteiger partial charge in [-0.15, -0.1) is 0 Å². The number of carbonyl (C=O) groups excluding carboxylic acids is 4. The molecule has 7 nitrogen and oxygen atoms in total. The summed E-state index contributed by atoms with van der Waals surface area (Å²) in [4.78, 5) is 50.1. The molecule has 1 heterocycles. The number of ketones is 1. The monoisotopic (exact) mass is 472 g/mol. The van der Waals surface area contributed by atoms with Gasteiger partial charge in [0.1, 0.15) is 6.54 Å². The molecule has 1 N–H and O–H groups in total. The molecule has 8 heteroatoms. The molecule has 0 saturated heterocycles. The minimum Gasteiger partial charge on any atom is -0.453 e. The number of fused-ring (bicyclic) bond motifs is 1. The van der Waals surface area contributed by atoms with Crippen molar-refractivity contribution in [2.45, 2.75) is 26.4 Å². The zero-order chi connectivity index (χ0) is 21.8. The summed E-state index contributed by atoms with van der Waals surface area (Å²) in [6.45, 7) is 3.24. The predicted molar refractivity (Wildman–Crippen MR) is 115 cm³/mol. The molecule has 0 saturated carbocycles. The first-order valence-electron chi connectivity index (χ1n) is 9.44. The second-order valence-corrected chi connectivity index (χ2v) is 7.87. The molecule has 1 aliphatic heterocycles. The zero-order valence-corrected chi connectivity index (χ0v) is 18.2. The number of ether oxygens (including phenoxy) is 1. The number of amides is 2. The van der Waals surface area contributed by atoms with Gasteiger partial charge in [-0.25, -0.2) is 0 Å². The van der Waals surface area contributed by atoms with Gasteiger partial charge in [0, 0.05) is 34.8 Å². The Morgan fingerprint density at radius 1 is 1.13 bits per heavy atom. The van der Waals surface area contributed by atoms with E-state index in [2.05, 4.69) is 21.2 Å². The number of benzene rings is 2. The van der Waals surface area contributed by atoms with E-state index in [1.807, 2.05) is 0 Å². The number of nitrogens with zero attached hydrogens (tertiary/aromatic N) is 1. The number of carbonyl (C=O) groups is 4. The molecule has 2 aromatic rings. The van der Waals surface area contributed by atoms with Crippen molar-refractivity contribution in [1.29, 1.82) is 0 Å². The van der Waals surface area contributed by atoms with Crippen LogP contribution in [-0.4, -0.2) is 42.8 Å². The van der Waals surface area contributed by atoms with Crippen molar-refractivity contribution in [1.82, 2.24) is 5.32 Å². The van der Waals surface area contributed by atoms with E-state index in [4.69, 9.17) is 4.74 Å². The molecule has 156 valence electrons. The number of hydrogen-bond donors (Lipinski definition) is 1. The molecule has 0 spiro atoms. The maximum Gasteiger partial charge on any atom is 0.326 e. The predicted octanol–water partition coefficient (Wildman–Crippen LogP) is 2.90. The highest BCUT2D eigenvalue weighted by molar-refractivity contribution is 9.10. The molecule has 2 amide bonds. The summed E-state index contributed by atoms with van der Waals surface area (Å²) in [6.07, 6.45) is -0.324. The van der Waals surface area contributed by atoms with Gasteiger partial charge in [0.15, 0.2) is 6.10 Å². The molecular formula is C22H21BrN2O5. The van der Waals surface area contributed by atoms with Crippen molar-refractivity contribution in [3.8, 4) is 0 Å². The quantitative estimate of drug-likeness (QED) is 0.515. The second-order valence-electron chi connectivity index (χ2n) is 6.95. The molecule has 1 atom stereocenters. The average molecular weight is 473 g/mol. The van der Waals surface area contributed by atoms with E-state index in [0.29, 0.717) is 24.1 Å². The van der Waals surface area contributed by atoms with E-state index >= 15 is 0 Å². The highest BCUT2D eigenvalue weighted by Gasteiger charge is 2.25. The molecule has 1 aliphatic rings. The minimum atomic E-state index is -0.997. The highest BCUT2D eigenvalue weighted by Crippen LogP contribution is 2.29. The lowest BCUT2D eigenvalue weighted by Crippen LogP contribution is -2.34. The summed E-state index contributed by atoms with van der Waals surface area (Å²) in [6, 6.07) is 11.9. The number of halogens is 1. The molecule has 3 rings (SSSR count). The summed E-state index contributed by atoms with van der Waals surface area (Å²) < 4.78 is 5.93. The van der Waals surface area contributed by atoms with Crippen LogP contribution >= 0.6 is 15.9 Å². The van der Waals surface area contributed by atoms with Crippen LogP contribution in [-0.2, 0) is 20.7 Å². The molecule has 0 aliphatic carbocycles. The molecular weight excluding hydrogens is 452 g/mol. The third kappa shape index (κ3) is 4.94. The Kier molecular flexibility index (Phi) is 6.66. The van der Waals surface area contributed by atoms with Gasteiger partial charge in [0.05, 0.1) is 0 Å². The van der Waals surface area contributed by atoms with E-state index in [1.54, 1.807) is 47.4 Å². The topological polar surface area (TPSA) is 92.8 Å². The fraction of sp³-hybridized carbons (Fsp3) is 0.273. The lowest BCUT2D eigenvalue weighted by molar-refractivity contribution is -0.145. The summed E-state index contributed by atoms with van der Waals surface area (Å²) in [5.74, 6) is -1.50. The van der Waals surface area contributed by atoms with E-state index in [9.17, 15) is 19.2 Å². The Bertz CT molecular complexity index is 1020. The van der Waals surface area contributed by atoms with Crippen molar-refractivity contribution in [3.05, 3.63) is 63.6 Å². The van der Waals surface area contributed by atoms with Crippen LogP contribution in [0.2, 0.25) is 0 Å². The number of hydrogen-bond acceptors (Lipinski definition) is 5. The van der Waals surface area contributed by atoms with Crippen LogP contribution in [0.15, 0.2) is 46.9 Å². The van der Waals surface area contributed by atoms with Gasteiger partial charge in [-0.3, -0.25) is 19.2 Å². The van der Waals surface area contributed by atoms with Gasteiger partial charge < -0.3 is 15.0 Å². The number of nitrogens with one attached hydrogen (secondary N) is 1. The van der Waals surface area contributed by atoms with Crippen LogP contribution in [0.3, 0.4) is 0 Å². The third-order valence-electron chi connectivity index (χ3n) is 4.80. The maximum absolute atomic E-state index is 12.6. The van der Waals surface area contributed by atoms with Gasteiger partial charge in [0.2, 0.25) is 11.7 Å². The van der Waals surface area contributed by atoms with Crippen LogP contribution in [0, 0.1) is 0 Å². The minimum absolute atomic E-state index is 0.0416. The fourth-order valence-corrected chi connectivity index (χ4v) is 3.69. The normalized spacial score (nSPS) is 13.4. The second kappa shape index (κ2) is 9.21. The third-order valence-corrected chi connectivity index (χ3v) is 5.29. The van der Waals surface area contributed by atoms with E-state index in [-0.39, 0.29) is 18.2 Å². The van der Waals surface area contributed by atoms with Crippen molar-refractivity contribution >= 4 is 45.2 Å². The maximum atomic E-state index is 12.6. The van der Waals surface area contributed by atoms with Crippen LogP contribution in [0.5, 0.6) is 0 Å². The van der Waals surface area contributed by atoms with Gasteiger partial charge in [0.25, 0.3) is 5.91 Å². The summed E-state index contributed by atoms with van der Waals surface area (Å²) in [5.41, 5.74) is 2.53. The Morgan fingerprint density at radius 2 is 1.90 bits per heavy atom. The number of anilines is 1. The number of esters is 1.